The summed E-state index contributed by atoms with van der Waals surface area (Å²) in [7, 11) is 0. The number of nitrogens with zero attached hydrogens (tertiary/aromatic N) is 3. The average Bonchev–Trinajstić information content (AvgIpc) is 2.56. The van der Waals surface area contributed by atoms with Crippen LogP contribution in [0, 0.1) is 10.6 Å². The molecule has 3 nitrogen and oxygen atoms in total. The van der Waals surface area contributed by atoms with E-state index in [1.54, 1.807) is 0 Å². The quantitative estimate of drug-likeness (QED) is 0.599. The topological polar surface area (TPSA) is 30.2 Å². The number of rotatable bonds is 1. The number of pyridine rings is 1. The summed E-state index contributed by atoms with van der Waals surface area (Å²) in [5, 5.41) is 4.47. The van der Waals surface area contributed by atoms with Crippen molar-refractivity contribution in [1.82, 2.24) is 14.6 Å². The Labute approximate surface area is 96.7 Å². The fourth-order valence-corrected chi connectivity index (χ4v) is 1.81. The SMILES string of the molecule is Cc1ccc2nc(C(C)C)nn2c1I. The molecule has 0 aromatic carbocycles. The maximum Gasteiger partial charge on any atom is 0.156 e. The van der Waals surface area contributed by atoms with Crippen molar-refractivity contribution >= 4 is 28.2 Å². The lowest BCUT2D eigenvalue weighted by atomic mass is 10.2. The van der Waals surface area contributed by atoms with Crippen LogP contribution in [0.1, 0.15) is 31.2 Å². The second kappa shape index (κ2) is 3.49. The van der Waals surface area contributed by atoms with Gasteiger partial charge in [0.1, 0.15) is 3.70 Å². The molecule has 0 spiro atoms. The first-order valence-corrected chi connectivity index (χ1v) is 5.69. The Kier molecular flexibility index (Phi) is 2.47. The van der Waals surface area contributed by atoms with Gasteiger partial charge in [0.2, 0.25) is 0 Å². The molecule has 2 heterocycles. The zero-order valence-electron chi connectivity index (χ0n) is 8.45. The third-order valence-electron chi connectivity index (χ3n) is 2.16. The molecule has 0 aliphatic rings. The highest BCUT2D eigenvalue weighted by atomic mass is 127. The number of aromatic nitrogens is 3. The van der Waals surface area contributed by atoms with Crippen molar-refractivity contribution in [3.8, 4) is 0 Å². The van der Waals surface area contributed by atoms with Crippen LogP contribution in [-0.4, -0.2) is 14.6 Å². The zero-order valence-corrected chi connectivity index (χ0v) is 10.6. The van der Waals surface area contributed by atoms with Crippen LogP contribution in [0.2, 0.25) is 0 Å². The smallest absolute Gasteiger partial charge is 0.156 e. The molecule has 0 saturated heterocycles. The fraction of sp³-hybridized carbons (Fsp3) is 0.400. The predicted molar refractivity (Wildman–Crippen MR) is 64.5 cm³/mol. The van der Waals surface area contributed by atoms with E-state index >= 15 is 0 Å². The van der Waals surface area contributed by atoms with Gasteiger partial charge in [0.05, 0.1) is 0 Å². The molecule has 0 aliphatic heterocycles. The van der Waals surface area contributed by atoms with Gasteiger partial charge >= 0.3 is 0 Å². The van der Waals surface area contributed by atoms with Crippen molar-refractivity contribution < 1.29 is 0 Å². The molecule has 14 heavy (non-hydrogen) atoms. The molecular weight excluding hydrogens is 289 g/mol. The number of hydrogen-bond acceptors (Lipinski definition) is 2. The molecule has 74 valence electrons. The summed E-state index contributed by atoms with van der Waals surface area (Å²) in [5.41, 5.74) is 2.17. The van der Waals surface area contributed by atoms with E-state index in [0.717, 1.165) is 15.2 Å². The standard InChI is InChI=1S/C10H12IN3/c1-6(2)10-12-8-5-4-7(3)9(11)14(8)13-10/h4-6H,1-3H3. The summed E-state index contributed by atoms with van der Waals surface area (Å²) < 4.78 is 3.05. The molecule has 0 fully saturated rings. The van der Waals surface area contributed by atoms with Crippen LogP contribution < -0.4 is 0 Å². The van der Waals surface area contributed by atoms with Gasteiger partial charge in [-0.3, -0.25) is 0 Å². The van der Waals surface area contributed by atoms with Crippen molar-refractivity contribution in [2.75, 3.05) is 0 Å². The third-order valence-corrected chi connectivity index (χ3v) is 3.47. The van der Waals surface area contributed by atoms with Gasteiger partial charge in [0.25, 0.3) is 0 Å². The lowest BCUT2D eigenvalue weighted by Gasteiger charge is -1.98. The van der Waals surface area contributed by atoms with Crippen LogP contribution >= 0.6 is 22.6 Å². The fourth-order valence-electron chi connectivity index (χ4n) is 1.27. The lowest BCUT2D eigenvalue weighted by Crippen LogP contribution is -1.97. The first-order chi connectivity index (χ1) is 6.59. The second-order valence-corrected chi connectivity index (χ2v) is 4.72. The molecule has 0 atom stereocenters. The molecule has 2 aromatic heterocycles. The number of fused-ring (bicyclic) bond motifs is 1. The van der Waals surface area contributed by atoms with Gasteiger partial charge in [-0.15, -0.1) is 0 Å². The second-order valence-electron chi connectivity index (χ2n) is 3.70. The van der Waals surface area contributed by atoms with Gasteiger partial charge < -0.3 is 0 Å². The summed E-state index contributed by atoms with van der Waals surface area (Å²) in [6, 6.07) is 4.09. The van der Waals surface area contributed by atoms with Gasteiger partial charge in [-0.2, -0.15) is 5.10 Å². The predicted octanol–water partition coefficient (Wildman–Crippen LogP) is 2.77. The molecule has 0 unspecified atom stereocenters. The molecule has 0 saturated carbocycles. The summed E-state index contributed by atoms with van der Waals surface area (Å²) in [4.78, 5) is 4.46. The average molecular weight is 301 g/mol. The van der Waals surface area contributed by atoms with Crippen LogP contribution in [0.25, 0.3) is 5.65 Å². The maximum absolute atomic E-state index is 4.47. The van der Waals surface area contributed by atoms with Gasteiger partial charge in [-0.25, -0.2) is 9.50 Å². The van der Waals surface area contributed by atoms with Gasteiger partial charge in [-0.1, -0.05) is 19.9 Å². The van der Waals surface area contributed by atoms with Crippen LogP contribution in [0.4, 0.5) is 0 Å². The number of halogens is 1. The van der Waals surface area contributed by atoms with Crippen molar-refractivity contribution in [2.24, 2.45) is 0 Å². The molecular formula is C10H12IN3. The Morgan fingerprint density at radius 1 is 1.36 bits per heavy atom. The Hall–Kier alpha value is -0.650. The molecule has 2 aromatic rings. The van der Waals surface area contributed by atoms with Gasteiger partial charge in [0, 0.05) is 5.92 Å². The molecule has 4 heteroatoms. The Morgan fingerprint density at radius 3 is 2.71 bits per heavy atom. The molecule has 2 rings (SSSR count). The Bertz CT molecular complexity index is 473. The molecule has 0 radical (unpaired) electrons. The van der Waals surface area contributed by atoms with Crippen molar-refractivity contribution in [1.29, 1.82) is 0 Å². The summed E-state index contributed by atoms with van der Waals surface area (Å²) in [5.74, 6) is 1.29. The molecule has 0 amide bonds. The molecule has 0 bridgehead atoms. The maximum atomic E-state index is 4.47. The minimum Gasteiger partial charge on any atom is -0.212 e. The van der Waals surface area contributed by atoms with E-state index in [1.807, 2.05) is 10.6 Å². The van der Waals surface area contributed by atoms with E-state index in [9.17, 15) is 0 Å². The van der Waals surface area contributed by atoms with E-state index in [1.165, 1.54) is 5.56 Å². The Balaban J connectivity index is 2.71. The first-order valence-electron chi connectivity index (χ1n) is 4.61. The van der Waals surface area contributed by atoms with Crippen molar-refractivity contribution in [3.05, 3.63) is 27.2 Å². The minimum absolute atomic E-state index is 0.381. The summed E-state index contributed by atoms with van der Waals surface area (Å²) in [6.45, 7) is 6.29. The van der Waals surface area contributed by atoms with E-state index in [4.69, 9.17) is 0 Å². The minimum atomic E-state index is 0.381. The summed E-state index contributed by atoms with van der Waals surface area (Å²) >= 11 is 2.30. The van der Waals surface area contributed by atoms with Crippen LogP contribution in [0.3, 0.4) is 0 Å². The highest BCUT2D eigenvalue weighted by molar-refractivity contribution is 14.1. The number of aryl methyl sites for hydroxylation is 1. The van der Waals surface area contributed by atoms with Crippen LogP contribution in [-0.2, 0) is 0 Å². The molecule has 0 N–H and O–H groups in total. The summed E-state index contributed by atoms with van der Waals surface area (Å²) in [6.07, 6.45) is 0. The lowest BCUT2D eigenvalue weighted by molar-refractivity contribution is 0.760. The van der Waals surface area contributed by atoms with Crippen LogP contribution in [0.15, 0.2) is 12.1 Å². The van der Waals surface area contributed by atoms with E-state index in [0.29, 0.717) is 5.92 Å². The van der Waals surface area contributed by atoms with Gasteiger partial charge in [0.15, 0.2) is 11.5 Å². The van der Waals surface area contributed by atoms with Crippen LogP contribution in [0.5, 0.6) is 0 Å². The largest absolute Gasteiger partial charge is 0.212 e. The molecule has 0 aliphatic carbocycles. The van der Waals surface area contributed by atoms with Crippen molar-refractivity contribution in [3.63, 3.8) is 0 Å². The number of hydrogen-bond donors (Lipinski definition) is 0. The monoisotopic (exact) mass is 301 g/mol. The highest BCUT2D eigenvalue weighted by Crippen LogP contribution is 2.16. The normalized spacial score (nSPS) is 11.5. The van der Waals surface area contributed by atoms with E-state index < -0.39 is 0 Å². The first kappa shape index (κ1) is 9.89. The van der Waals surface area contributed by atoms with E-state index in [-0.39, 0.29) is 0 Å². The Morgan fingerprint density at radius 2 is 2.07 bits per heavy atom. The van der Waals surface area contributed by atoms with Crippen molar-refractivity contribution in [2.45, 2.75) is 26.7 Å². The highest BCUT2D eigenvalue weighted by Gasteiger charge is 2.09. The third kappa shape index (κ3) is 1.51. The van der Waals surface area contributed by atoms with E-state index in [2.05, 4.69) is 59.5 Å². The zero-order chi connectivity index (χ0) is 10.3. The van der Waals surface area contributed by atoms with Gasteiger partial charge in [-0.05, 0) is 41.1 Å².